The predicted molar refractivity (Wildman–Crippen MR) is 80.5 cm³/mol. The summed E-state index contributed by atoms with van der Waals surface area (Å²) in [4.78, 5) is 10.7. The molecule has 0 saturated heterocycles. The van der Waals surface area contributed by atoms with Gasteiger partial charge in [0.05, 0.1) is 17.4 Å². The van der Waals surface area contributed by atoms with Crippen LogP contribution in [0.3, 0.4) is 0 Å². The van der Waals surface area contributed by atoms with E-state index in [-0.39, 0.29) is 10.5 Å². The van der Waals surface area contributed by atoms with Crippen LogP contribution in [0.4, 0.5) is 4.39 Å². The smallest absolute Gasteiger partial charge is 0.243 e. The van der Waals surface area contributed by atoms with Crippen molar-refractivity contribution in [1.29, 1.82) is 0 Å². The second-order valence-electron chi connectivity index (χ2n) is 4.69. The van der Waals surface area contributed by atoms with Gasteiger partial charge in [0.25, 0.3) is 0 Å². The zero-order valence-corrected chi connectivity index (χ0v) is 13.3. The van der Waals surface area contributed by atoms with E-state index in [1.165, 1.54) is 48.5 Å². The molecule has 2 aromatic carbocycles. The number of hydrogen-bond acceptors (Lipinski definition) is 4. The molecule has 0 bridgehead atoms. The van der Waals surface area contributed by atoms with Crippen molar-refractivity contribution in [2.45, 2.75) is 11.4 Å². The largest absolute Gasteiger partial charge is 0.549 e. The highest BCUT2D eigenvalue weighted by molar-refractivity contribution is 7.89. The van der Waals surface area contributed by atoms with Gasteiger partial charge in [0, 0.05) is 17.1 Å². The number of carboxylic acid groups (broad SMARTS) is 1. The maximum Gasteiger partial charge on any atom is 0.243 e. The Morgan fingerprint density at radius 3 is 2.30 bits per heavy atom. The first kappa shape index (κ1) is 17.4. The lowest BCUT2D eigenvalue weighted by molar-refractivity contribution is -0.305. The molecule has 0 aliphatic heterocycles. The molecule has 0 atom stereocenters. The van der Waals surface area contributed by atoms with Gasteiger partial charge in [-0.05, 0) is 30.3 Å². The van der Waals surface area contributed by atoms with Crippen LogP contribution in [0.1, 0.15) is 5.56 Å². The Kier molecular flexibility index (Phi) is 5.35. The molecule has 0 spiro atoms. The van der Waals surface area contributed by atoms with Gasteiger partial charge in [-0.15, -0.1) is 0 Å². The normalized spacial score (nSPS) is 11.6. The summed E-state index contributed by atoms with van der Waals surface area (Å²) in [5.74, 6) is -2.21. The molecule has 0 aliphatic rings. The van der Waals surface area contributed by atoms with E-state index < -0.39 is 34.9 Å². The van der Waals surface area contributed by atoms with Crippen LogP contribution >= 0.6 is 11.6 Å². The van der Waals surface area contributed by atoms with Crippen LogP contribution in [-0.4, -0.2) is 25.2 Å². The number of nitrogens with zero attached hydrogens (tertiary/aromatic N) is 1. The first-order chi connectivity index (χ1) is 10.8. The highest BCUT2D eigenvalue weighted by Crippen LogP contribution is 2.21. The number of benzene rings is 2. The maximum absolute atomic E-state index is 13.7. The average Bonchev–Trinajstić information content (AvgIpc) is 2.48. The molecular formula is C15H12ClFNO4S-. The Morgan fingerprint density at radius 2 is 1.74 bits per heavy atom. The molecule has 0 aromatic heterocycles. The van der Waals surface area contributed by atoms with Crippen LogP contribution < -0.4 is 5.11 Å². The molecule has 8 heteroatoms. The number of aliphatic carboxylic acids is 1. The molecule has 0 amide bonds. The molecule has 122 valence electrons. The fourth-order valence-electron chi connectivity index (χ4n) is 1.94. The topological polar surface area (TPSA) is 77.5 Å². The summed E-state index contributed by atoms with van der Waals surface area (Å²) in [6.07, 6.45) is 0. The van der Waals surface area contributed by atoms with Crippen molar-refractivity contribution in [2.75, 3.05) is 6.54 Å². The molecule has 5 nitrogen and oxygen atoms in total. The van der Waals surface area contributed by atoms with E-state index in [1.807, 2.05) is 0 Å². The molecule has 0 fully saturated rings. The number of sulfonamides is 1. The Bertz CT molecular complexity index is 808. The van der Waals surface area contributed by atoms with Gasteiger partial charge in [-0.1, -0.05) is 29.8 Å². The van der Waals surface area contributed by atoms with Crippen molar-refractivity contribution in [3.63, 3.8) is 0 Å². The number of carbonyl (C=O) groups is 1. The summed E-state index contributed by atoms with van der Waals surface area (Å²) >= 11 is 5.71. The lowest BCUT2D eigenvalue weighted by Gasteiger charge is -2.23. The Labute approximate surface area is 138 Å². The molecule has 23 heavy (non-hydrogen) atoms. The van der Waals surface area contributed by atoms with E-state index in [4.69, 9.17) is 11.6 Å². The third-order valence-electron chi connectivity index (χ3n) is 3.06. The molecular weight excluding hydrogens is 345 g/mol. The molecule has 0 unspecified atom stereocenters. The van der Waals surface area contributed by atoms with E-state index in [0.29, 0.717) is 9.33 Å². The summed E-state index contributed by atoms with van der Waals surface area (Å²) in [6, 6.07) is 10.8. The Balaban J connectivity index is 2.39. The number of halogens is 2. The molecule has 0 heterocycles. The van der Waals surface area contributed by atoms with E-state index in [0.717, 1.165) is 0 Å². The second kappa shape index (κ2) is 7.08. The van der Waals surface area contributed by atoms with Gasteiger partial charge >= 0.3 is 0 Å². The van der Waals surface area contributed by atoms with Crippen molar-refractivity contribution < 1.29 is 22.7 Å². The van der Waals surface area contributed by atoms with Gasteiger partial charge in [0.1, 0.15) is 5.82 Å². The van der Waals surface area contributed by atoms with E-state index in [2.05, 4.69) is 0 Å². The highest BCUT2D eigenvalue weighted by atomic mass is 35.5. The monoisotopic (exact) mass is 356 g/mol. The predicted octanol–water partition coefficient (Wildman–Crippen LogP) is 1.42. The first-order valence-corrected chi connectivity index (χ1v) is 8.31. The lowest BCUT2D eigenvalue weighted by atomic mass is 10.2. The average molecular weight is 357 g/mol. The van der Waals surface area contributed by atoms with Crippen molar-refractivity contribution in [3.8, 4) is 0 Å². The number of hydrogen-bond donors (Lipinski definition) is 0. The quantitative estimate of drug-likeness (QED) is 0.784. The van der Waals surface area contributed by atoms with Crippen LogP contribution in [0.15, 0.2) is 53.4 Å². The molecule has 0 radical (unpaired) electrons. The maximum atomic E-state index is 13.7. The second-order valence-corrected chi connectivity index (χ2v) is 7.06. The fraction of sp³-hybridized carbons (Fsp3) is 0.133. The molecule has 2 rings (SSSR count). The zero-order chi connectivity index (χ0) is 17.0. The Morgan fingerprint density at radius 1 is 1.13 bits per heavy atom. The van der Waals surface area contributed by atoms with Gasteiger partial charge in [-0.2, -0.15) is 4.31 Å². The minimum atomic E-state index is -4.14. The van der Waals surface area contributed by atoms with E-state index >= 15 is 0 Å². The molecule has 0 saturated carbocycles. The summed E-state index contributed by atoms with van der Waals surface area (Å²) in [7, 11) is -4.14. The number of rotatable bonds is 6. The number of carbonyl (C=O) groups excluding carboxylic acids is 1. The SMILES string of the molecule is O=C([O-])CN(Cc1ccccc1F)S(=O)(=O)c1ccc(Cl)cc1. The third kappa shape index (κ3) is 4.28. The van der Waals surface area contributed by atoms with Gasteiger partial charge < -0.3 is 9.90 Å². The van der Waals surface area contributed by atoms with Crippen LogP contribution in [0.25, 0.3) is 0 Å². The van der Waals surface area contributed by atoms with Gasteiger partial charge in [0.15, 0.2) is 0 Å². The summed E-state index contributed by atoms with van der Waals surface area (Å²) in [5, 5.41) is 11.2. The summed E-state index contributed by atoms with van der Waals surface area (Å²) < 4.78 is 39.5. The highest BCUT2D eigenvalue weighted by Gasteiger charge is 2.25. The van der Waals surface area contributed by atoms with Crippen LogP contribution in [0.2, 0.25) is 5.02 Å². The van der Waals surface area contributed by atoms with Crippen LogP contribution in [0.5, 0.6) is 0 Å². The van der Waals surface area contributed by atoms with Gasteiger partial charge in [-0.3, -0.25) is 0 Å². The lowest BCUT2D eigenvalue weighted by Crippen LogP contribution is -2.41. The standard InChI is InChI=1S/C15H13ClFNO4S/c16-12-5-7-13(8-6-12)23(21,22)18(10-15(19)20)9-11-3-1-2-4-14(11)17/h1-8H,9-10H2,(H,19,20)/p-1. The van der Waals surface area contributed by atoms with Crippen molar-refractivity contribution in [2.24, 2.45) is 0 Å². The van der Waals surface area contributed by atoms with E-state index in [1.54, 1.807) is 0 Å². The minimum absolute atomic E-state index is 0.0614. The third-order valence-corrected chi connectivity index (χ3v) is 5.12. The molecule has 0 aliphatic carbocycles. The van der Waals surface area contributed by atoms with Crippen molar-refractivity contribution in [1.82, 2.24) is 4.31 Å². The van der Waals surface area contributed by atoms with Gasteiger partial charge in [0.2, 0.25) is 10.0 Å². The molecule has 2 aromatic rings. The number of carboxylic acids is 1. The van der Waals surface area contributed by atoms with Gasteiger partial charge in [-0.25, -0.2) is 12.8 Å². The fourth-order valence-corrected chi connectivity index (χ4v) is 3.43. The van der Waals surface area contributed by atoms with Crippen molar-refractivity contribution in [3.05, 3.63) is 64.9 Å². The van der Waals surface area contributed by atoms with Crippen molar-refractivity contribution >= 4 is 27.6 Å². The Hall–Kier alpha value is -1.96. The first-order valence-electron chi connectivity index (χ1n) is 6.49. The minimum Gasteiger partial charge on any atom is -0.549 e. The van der Waals surface area contributed by atoms with Crippen LogP contribution in [0, 0.1) is 5.82 Å². The summed E-state index contributed by atoms with van der Waals surface area (Å²) in [6.45, 7) is -1.31. The molecule has 0 N–H and O–H groups in total. The van der Waals surface area contributed by atoms with E-state index in [9.17, 15) is 22.7 Å². The summed E-state index contributed by atoms with van der Waals surface area (Å²) in [5.41, 5.74) is 0.0614. The zero-order valence-electron chi connectivity index (χ0n) is 11.8. The van der Waals surface area contributed by atoms with Crippen LogP contribution in [-0.2, 0) is 21.4 Å².